The molecule has 1 aromatic carbocycles. The van der Waals surface area contributed by atoms with Crippen LogP contribution in [0.4, 0.5) is 0 Å². The van der Waals surface area contributed by atoms with Gasteiger partial charge < -0.3 is 10.3 Å². The summed E-state index contributed by atoms with van der Waals surface area (Å²) < 4.78 is 0. The van der Waals surface area contributed by atoms with Gasteiger partial charge in [0.2, 0.25) is 0 Å². The van der Waals surface area contributed by atoms with Gasteiger partial charge in [-0.1, -0.05) is 17.7 Å². The summed E-state index contributed by atoms with van der Waals surface area (Å²) in [6.07, 6.45) is 2.86. The van der Waals surface area contributed by atoms with Crippen molar-refractivity contribution in [2.24, 2.45) is 0 Å². The minimum Gasteiger partial charge on any atom is -0.342 e. The molecule has 2 N–H and O–H groups in total. The lowest BCUT2D eigenvalue weighted by molar-refractivity contribution is 0.427. The van der Waals surface area contributed by atoms with Gasteiger partial charge in [0.15, 0.2) is 0 Å². The SMILES string of the molecule is Cc1ccc(C)c(-c2cnc(CCNC(C)(C)C)[nH]2)c1. The first-order valence-corrected chi connectivity index (χ1v) is 7.22. The van der Waals surface area contributed by atoms with Crippen LogP contribution in [-0.4, -0.2) is 22.1 Å². The third-order valence-electron chi connectivity index (χ3n) is 3.33. The van der Waals surface area contributed by atoms with Gasteiger partial charge in [-0.3, -0.25) is 0 Å². The predicted octanol–water partition coefficient (Wildman–Crippen LogP) is 3.62. The molecule has 1 aromatic heterocycles. The summed E-state index contributed by atoms with van der Waals surface area (Å²) in [5, 5.41) is 3.48. The molecule has 20 heavy (non-hydrogen) atoms. The molecule has 0 fully saturated rings. The van der Waals surface area contributed by atoms with Gasteiger partial charge in [-0.15, -0.1) is 0 Å². The third-order valence-corrected chi connectivity index (χ3v) is 3.33. The van der Waals surface area contributed by atoms with E-state index in [1.165, 1.54) is 16.7 Å². The zero-order valence-corrected chi connectivity index (χ0v) is 13.2. The average molecular weight is 271 g/mol. The maximum absolute atomic E-state index is 4.49. The maximum Gasteiger partial charge on any atom is 0.107 e. The Morgan fingerprint density at radius 3 is 2.65 bits per heavy atom. The highest BCUT2D eigenvalue weighted by atomic mass is 15.0. The highest BCUT2D eigenvalue weighted by Crippen LogP contribution is 2.22. The predicted molar refractivity (Wildman–Crippen MR) is 85.0 cm³/mol. The van der Waals surface area contributed by atoms with Gasteiger partial charge >= 0.3 is 0 Å². The van der Waals surface area contributed by atoms with Gasteiger partial charge in [0.05, 0.1) is 11.9 Å². The lowest BCUT2D eigenvalue weighted by atomic mass is 10.0. The number of nitrogens with zero attached hydrogens (tertiary/aromatic N) is 1. The second-order valence-electron chi connectivity index (χ2n) is 6.49. The van der Waals surface area contributed by atoms with Crippen molar-refractivity contribution in [3.05, 3.63) is 41.3 Å². The Bertz CT molecular complexity index is 576. The highest BCUT2D eigenvalue weighted by Gasteiger charge is 2.10. The Hall–Kier alpha value is -1.61. The van der Waals surface area contributed by atoms with Crippen LogP contribution in [0, 0.1) is 13.8 Å². The molecule has 0 aliphatic heterocycles. The molecule has 2 aromatic rings. The van der Waals surface area contributed by atoms with Crippen LogP contribution in [0.2, 0.25) is 0 Å². The summed E-state index contributed by atoms with van der Waals surface area (Å²) in [7, 11) is 0. The Balaban J connectivity index is 2.07. The largest absolute Gasteiger partial charge is 0.342 e. The smallest absolute Gasteiger partial charge is 0.107 e. The molecule has 0 spiro atoms. The average Bonchev–Trinajstić information content (AvgIpc) is 2.79. The van der Waals surface area contributed by atoms with Crippen molar-refractivity contribution < 1.29 is 0 Å². The normalized spacial score (nSPS) is 11.8. The molecule has 0 aliphatic carbocycles. The topological polar surface area (TPSA) is 40.7 Å². The van der Waals surface area contributed by atoms with E-state index in [0.717, 1.165) is 24.5 Å². The number of benzene rings is 1. The van der Waals surface area contributed by atoms with Crippen LogP contribution in [0.1, 0.15) is 37.7 Å². The summed E-state index contributed by atoms with van der Waals surface area (Å²) >= 11 is 0. The van der Waals surface area contributed by atoms with Crippen molar-refractivity contribution in [3.8, 4) is 11.3 Å². The molecular formula is C17H25N3. The molecule has 0 saturated heterocycles. The van der Waals surface area contributed by atoms with E-state index >= 15 is 0 Å². The van der Waals surface area contributed by atoms with Crippen LogP contribution in [0.3, 0.4) is 0 Å². The number of nitrogens with one attached hydrogen (secondary N) is 2. The lowest BCUT2D eigenvalue weighted by Crippen LogP contribution is -2.37. The molecule has 2 rings (SSSR count). The molecule has 0 amide bonds. The van der Waals surface area contributed by atoms with E-state index in [-0.39, 0.29) is 5.54 Å². The van der Waals surface area contributed by atoms with E-state index in [9.17, 15) is 0 Å². The quantitative estimate of drug-likeness (QED) is 0.891. The molecular weight excluding hydrogens is 246 g/mol. The van der Waals surface area contributed by atoms with Gasteiger partial charge in [0.1, 0.15) is 5.82 Å². The first kappa shape index (κ1) is 14.8. The second kappa shape index (κ2) is 5.80. The van der Waals surface area contributed by atoms with E-state index in [1.54, 1.807) is 0 Å². The van der Waals surface area contributed by atoms with Crippen molar-refractivity contribution in [1.82, 2.24) is 15.3 Å². The lowest BCUT2D eigenvalue weighted by Gasteiger charge is -2.19. The minimum atomic E-state index is 0.155. The van der Waals surface area contributed by atoms with Crippen molar-refractivity contribution in [1.29, 1.82) is 0 Å². The first-order chi connectivity index (χ1) is 9.35. The molecule has 3 nitrogen and oxygen atoms in total. The second-order valence-corrected chi connectivity index (χ2v) is 6.49. The van der Waals surface area contributed by atoms with Gasteiger partial charge in [0, 0.05) is 24.1 Å². The summed E-state index contributed by atoms with van der Waals surface area (Å²) in [5.41, 5.74) is 5.06. The Morgan fingerprint density at radius 1 is 1.20 bits per heavy atom. The van der Waals surface area contributed by atoms with Crippen LogP contribution in [0.15, 0.2) is 24.4 Å². The van der Waals surface area contributed by atoms with Crippen molar-refractivity contribution in [2.45, 2.75) is 46.6 Å². The van der Waals surface area contributed by atoms with E-state index in [0.29, 0.717) is 0 Å². The fraction of sp³-hybridized carbons (Fsp3) is 0.471. The molecule has 0 aliphatic rings. The maximum atomic E-state index is 4.49. The molecule has 1 heterocycles. The van der Waals surface area contributed by atoms with Crippen LogP contribution in [0.25, 0.3) is 11.3 Å². The monoisotopic (exact) mass is 271 g/mol. The Morgan fingerprint density at radius 2 is 1.95 bits per heavy atom. The van der Waals surface area contributed by atoms with Crippen LogP contribution >= 0.6 is 0 Å². The van der Waals surface area contributed by atoms with E-state index in [1.807, 2.05) is 6.20 Å². The van der Waals surface area contributed by atoms with Crippen LogP contribution in [-0.2, 0) is 6.42 Å². The molecule has 0 bridgehead atoms. The molecule has 0 saturated carbocycles. The number of hydrogen-bond acceptors (Lipinski definition) is 2. The Labute approximate surface area is 121 Å². The van der Waals surface area contributed by atoms with E-state index in [2.05, 4.69) is 68.1 Å². The van der Waals surface area contributed by atoms with E-state index in [4.69, 9.17) is 0 Å². The fourth-order valence-corrected chi connectivity index (χ4v) is 2.21. The number of aromatic amines is 1. The molecule has 108 valence electrons. The van der Waals surface area contributed by atoms with Gasteiger partial charge in [-0.25, -0.2) is 4.98 Å². The number of aromatic nitrogens is 2. The number of H-pyrrole nitrogens is 1. The minimum absolute atomic E-state index is 0.155. The number of imidazole rings is 1. The van der Waals surface area contributed by atoms with Gasteiger partial charge in [-0.2, -0.15) is 0 Å². The van der Waals surface area contributed by atoms with Crippen molar-refractivity contribution in [3.63, 3.8) is 0 Å². The molecule has 0 radical (unpaired) electrons. The van der Waals surface area contributed by atoms with Gasteiger partial charge in [0.25, 0.3) is 0 Å². The van der Waals surface area contributed by atoms with E-state index < -0.39 is 0 Å². The molecule has 0 atom stereocenters. The van der Waals surface area contributed by atoms with Gasteiger partial charge in [-0.05, 0) is 46.2 Å². The number of aryl methyl sites for hydroxylation is 2. The molecule has 0 unspecified atom stereocenters. The standard InChI is InChI=1S/C17H25N3/c1-12-6-7-13(2)14(10-12)15-11-18-16(20-15)8-9-19-17(3,4)5/h6-7,10-11,19H,8-9H2,1-5H3,(H,18,20). The number of hydrogen-bond donors (Lipinski definition) is 2. The van der Waals surface area contributed by atoms with Crippen molar-refractivity contribution in [2.75, 3.05) is 6.54 Å². The molecule has 3 heteroatoms. The zero-order chi connectivity index (χ0) is 14.8. The third kappa shape index (κ3) is 3.94. The first-order valence-electron chi connectivity index (χ1n) is 7.22. The summed E-state index contributed by atoms with van der Waals surface area (Å²) in [6.45, 7) is 11.7. The van der Waals surface area contributed by atoms with Crippen LogP contribution < -0.4 is 5.32 Å². The Kier molecular flexibility index (Phi) is 4.29. The van der Waals surface area contributed by atoms with Crippen molar-refractivity contribution >= 4 is 0 Å². The zero-order valence-electron chi connectivity index (χ0n) is 13.2. The summed E-state index contributed by atoms with van der Waals surface area (Å²) in [4.78, 5) is 7.92. The summed E-state index contributed by atoms with van der Waals surface area (Å²) in [5.74, 6) is 1.04. The highest BCUT2D eigenvalue weighted by molar-refractivity contribution is 5.63. The fourth-order valence-electron chi connectivity index (χ4n) is 2.21. The summed E-state index contributed by atoms with van der Waals surface area (Å²) in [6, 6.07) is 6.51. The number of rotatable bonds is 4. The van der Waals surface area contributed by atoms with Crippen LogP contribution in [0.5, 0.6) is 0 Å².